The Hall–Kier alpha value is -1.26. The number of aliphatic hydroxyl groups is 1. The van der Waals surface area contributed by atoms with Crippen LogP contribution in [0.1, 0.15) is 12.5 Å². The second-order valence-electron chi connectivity index (χ2n) is 2.89. The van der Waals surface area contributed by atoms with Crippen molar-refractivity contribution in [1.29, 1.82) is 0 Å². The fourth-order valence-corrected chi connectivity index (χ4v) is 1.14. The predicted octanol–water partition coefficient (Wildman–Crippen LogP) is 1.56. The van der Waals surface area contributed by atoms with E-state index in [2.05, 4.69) is 0 Å². The topological polar surface area (TPSA) is 47.9 Å². The lowest BCUT2D eigenvalue weighted by Crippen LogP contribution is -2.04. The summed E-state index contributed by atoms with van der Waals surface area (Å²) in [5, 5.41) is 9.12. The maximum absolute atomic E-state index is 9.12. The van der Waals surface area contributed by atoms with Gasteiger partial charge in [-0.1, -0.05) is 0 Å². The highest BCUT2D eigenvalue weighted by atomic mass is 16.7. The van der Waals surface area contributed by atoms with Crippen LogP contribution in [0.3, 0.4) is 0 Å². The molecule has 0 aliphatic rings. The van der Waals surface area contributed by atoms with Crippen molar-refractivity contribution >= 4 is 0 Å². The summed E-state index contributed by atoms with van der Waals surface area (Å²) >= 11 is 0. The van der Waals surface area contributed by atoms with Crippen LogP contribution in [0.4, 0.5) is 0 Å². The molecule has 0 saturated heterocycles. The van der Waals surface area contributed by atoms with Crippen molar-refractivity contribution in [1.82, 2.24) is 0 Å². The molecule has 0 aliphatic carbocycles. The van der Waals surface area contributed by atoms with Gasteiger partial charge < -0.3 is 19.3 Å². The molecule has 0 amide bonds. The highest BCUT2D eigenvalue weighted by Crippen LogP contribution is 2.24. The van der Waals surface area contributed by atoms with Gasteiger partial charge in [-0.15, -0.1) is 0 Å². The quantitative estimate of drug-likeness (QED) is 0.574. The SMILES string of the molecule is CCOCOc1ccc(OC)cc1CO. The normalized spacial score (nSPS) is 10.1. The smallest absolute Gasteiger partial charge is 0.189 e. The van der Waals surface area contributed by atoms with Crippen molar-refractivity contribution in [2.24, 2.45) is 0 Å². The summed E-state index contributed by atoms with van der Waals surface area (Å²) in [6.45, 7) is 2.60. The number of rotatable bonds is 6. The van der Waals surface area contributed by atoms with E-state index in [-0.39, 0.29) is 13.4 Å². The fourth-order valence-electron chi connectivity index (χ4n) is 1.14. The first-order chi connectivity index (χ1) is 7.31. The van der Waals surface area contributed by atoms with Gasteiger partial charge >= 0.3 is 0 Å². The molecule has 15 heavy (non-hydrogen) atoms. The minimum absolute atomic E-state index is 0.0847. The maximum Gasteiger partial charge on any atom is 0.189 e. The number of aliphatic hydroxyl groups excluding tert-OH is 1. The molecule has 1 aromatic rings. The molecule has 0 unspecified atom stereocenters. The molecule has 0 heterocycles. The summed E-state index contributed by atoms with van der Waals surface area (Å²) in [7, 11) is 1.58. The van der Waals surface area contributed by atoms with E-state index in [1.165, 1.54) is 0 Å². The first-order valence-corrected chi connectivity index (χ1v) is 4.80. The zero-order valence-corrected chi connectivity index (χ0v) is 9.03. The van der Waals surface area contributed by atoms with Gasteiger partial charge in [0.15, 0.2) is 6.79 Å². The molecule has 0 aliphatic heterocycles. The average molecular weight is 212 g/mol. The zero-order chi connectivity index (χ0) is 11.1. The molecular formula is C11H16O4. The third-order valence-corrected chi connectivity index (χ3v) is 1.94. The highest BCUT2D eigenvalue weighted by Gasteiger charge is 2.04. The summed E-state index contributed by atoms with van der Waals surface area (Å²) in [6.07, 6.45) is 0. The molecule has 1 aromatic carbocycles. The van der Waals surface area contributed by atoms with Gasteiger partial charge in [0.25, 0.3) is 0 Å². The molecule has 1 rings (SSSR count). The van der Waals surface area contributed by atoms with Crippen molar-refractivity contribution in [2.45, 2.75) is 13.5 Å². The Balaban J connectivity index is 2.69. The highest BCUT2D eigenvalue weighted by molar-refractivity contribution is 5.39. The Kier molecular flexibility index (Phi) is 4.93. The van der Waals surface area contributed by atoms with Crippen LogP contribution in [0.25, 0.3) is 0 Å². The molecule has 0 radical (unpaired) electrons. The second-order valence-corrected chi connectivity index (χ2v) is 2.89. The average Bonchev–Trinajstić information content (AvgIpc) is 2.29. The lowest BCUT2D eigenvalue weighted by Gasteiger charge is -2.10. The predicted molar refractivity (Wildman–Crippen MR) is 56.0 cm³/mol. The van der Waals surface area contributed by atoms with Crippen molar-refractivity contribution < 1.29 is 19.3 Å². The van der Waals surface area contributed by atoms with Gasteiger partial charge in [-0.05, 0) is 25.1 Å². The summed E-state index contributed by atoms with van der Waals surface area (Å²) in [5.74, 6) is 1.31. The maximum atomic E-state index is 9.12. The van der Waals surface area contributed by atoms with Gasteiger partial charge in [-0.25, -0.2) is 0 Å². The molecule has 0 saturated carbocycles. The van der Waals surface area contributed by atoms with Gasteiger partial charge in [-0.2, -0.15) is 0 Å². The molecule has 84 valence electrons. The van der Waals surface area contributed by atoms with E-state index < -0.39 is 0 Å². The van der Waals surface area contributed by atoms with Crippen LogP contribution in [0.15, 0.2) is 18.2 Å². The van der Waals surface area contributed by atoms with Crippen LogP contribution in [-0.2, 0) is 11.3 Å². The molecule has 1 N–H and O–H groups in total. The van der Waals surface area contributed by atoms with E-state index in [9.17, 15) is 0 Å². The van der Waals surface area contributed by atoms with E-state index in [1.807, 2.05) is 6.92 Å². The molecule has 0 atom stereocenters. The number of benzene rings is 1. The van der Waals surface area contributed by atoms with Gasteiger partial charge in [0.2, 0.25) is 0 Å². The van der Waals surface area contributed by atoms with E-state index >= 15 is 0 Å². The molecule has 4 heteroatoms. The second kappa shape index (κ2) is 6.27. The van der Waals surface area contributed by atoms with E-state index in [0.717, 1.165) is 0 Å². The van der Waals surface area contributed by atoms with Crippen LogP contribution in [0.2, 0.25) is 0 Å². The Labute approximate surface area is 89.4 Å². The van der Waals surface area contributed by atoms with Crippen LogP contribution in [0.5, 0.6) is 11.5 Å². The summed E-state index contributed by atoms with van der Waals surface area (Å²) in [4.78, 5) is 0. The molecule has 0 bridgehead atoms. The van der Waals surface area contributed by atoms with Crippen molar-refractivity contribution in [3.05, 3.63) is 23.8 Å². The van der Waals surface area contributed by atoms with Gasteiger partial charge in [0.05, 0.1) is 13.7 Å². The number of hydrogen-bond donors (Lipinski definition) is 1. The van der Waals surface area contributed by atoms with Crippen LogP contribution >= 0.6 is 0 Å². The number of methoxy groups -OCH3 is 1. The van der Waals surface area contributed by atoms with Gasteiger partial charge in [-0.3, -0.25) is 0 Å². The summed E-state index contributed by atoms with van der Waals surface area (Å²) in [5.41, 5.74) is 0.689. The van der Waals surface area contributed by atoms with E-state index in [1.54, 1.807) is 25.3 Å². The number of ether oxygens (including phenoxy) is 3. The first kappa shape index (κ1) is 11.8. The fraction of sp³-hybridized carbons (Fsp3) is 0.455. The van der Waals surface area contributed by atoms with Crippen molar-refractivity contribution in [2.75, 3.05) is 20.5 Å². The van der Waals surface area contributed by atoms with Crippen LogP contribution in [0, 0.1) is 0 Å². The summed E-state index contributed by atoms with van der Waals surface area (Å²) < 4.78 is 15.4. The van der Waals surface area contributed by atoms with Crippen molar-refractivity contribution in [3.8, 4) is 11.5 Å². The van der Waals surface area contributed by atoms with Gasteiger partial charge in [0.1, 0.15) is 11.5 Å². The standard InChI is InChI=1S/C11H16O4/c1-3-14-8-15-11-5-4-10(13-2)6-9(11)7-12/h4-6,12H,3,7-8H2,1-2H3. The molecule has 0 spiro atoms. The lowest BCUT2D eigenvalue weighted by atomic mass is 10.2. The minimum Gasteiger partial charge on any atom is -0.497 e. The largest absolute Gasteiger partial charge is 0.497 e. The molecule has 0 fully saturated rings. The van der Waals surface area contributed by atoms with Crippen molar-refractivity contribution in [3.63, 3.8) is 0 Å². The third-order valence-electron chi connectivity index (χ3n) is 1.94. The molecular weight excluding hydrogens is 196 g/mol. The Morgan fingerprint density at radius 1 is 1.33 bits per heavy atom. The number of hydrogen-bond acceptors (Lipinski definition) is 4. The minimum atomic E-state index is -0.0847. The first-order valence-electron chi connectivity index (χ1n) is 4.80. The van der Waals surface area contributed by atoms with Gasteiger partial charge in [0, 0.05) is 12.2 Å². The lowest BCUT2D eigenvalue weighted by molar-refractivity contribution is 0.0211. The zero-order valence-electron chi connectivity index (χ0n) is 9.03. The monoisotopic (exact) mass is 212 g/mol. The third kappa shape index (κ3) is 3.42. The van der Waals surface area contributed by atoms with Crippen LogP contribution < -0.4 is 9.47 Å². The Morgan fingerprint density at radius 3 is 2.73 bits per heavy atom. The summed E-state index contributed by atoms with van der Waals surface area (Å²) in [6, 6.07) is 5.27. The molecule has 0 aromatic heterocycles. The van der Waals surface area contributed by atoms with E-state index in [0.29, 0.717) is 23.7 Å². The Bertz CT molecular complexity index is 299. The molecule has 4 nitrogen and oxygen atoms in total. The van der Waals surface area contributed by atoms with E-state index in [4.69, 9.17) is 19.3 Å². The van der Waals surface area contributed by atoms with Crippen LogP contribution in [-0.4, -0.2) is 25.6 Å². The Morgan fingerprint density at radius 2 is 2.13 bits per heavy atom.